The average Bonchev–Trinajstić information content (AvgIpc) is 2.84. The van der Waals surface area contributed by atoms with E-state index in [0.29, 0.717) is 37.6 Å². The molecule has 5 heteroatoms. The molecule has 0 N–H and O–H groups in total. The summed E-state index contributed by atoms with van der Waals surface area (Å²) >= 11 is 0. The van der Waals surface area contributed by atoms with Gasteiger partial charge in [-0.2, -0.15) is 0 Å². The first kappa shape index (κ1) is 16.2. The van der Waals surface area contributed by atoms with Crippen molar-refractivity contribution in [3.63, 3.8) is 0 Å². The Kier molecular flexibility index (Phi) is 4.89. The van der Waals surface area contributed by atoms with Crippen molar-refractivity contribution >= 4 is 5.91 Å². The maximum atomic E-state index is 12.7. The van der Waals surface area contributed by atoms with Crippen LogP contribution in [0.15, 0.2) is 42.5 Å². The summed E-state index contributed by atoms with van der Waals surface area (Å²) in [5.74, 6) is 2.22. The molecule has 0 unspecified atom stereocenters. The van der Waals surface area contributed by atoms with Gasteiger partial charge in [0, 0.05) is 12.1 Å². The first-order valence-corrected chi connectivity index (χ1v) is 7.90. The van der Waals surface area contributed by atoms with Crippen molar-refractivity contribution in [1.29, 1.82) is 0 Å². The number of para-hydroxylation sites is 1. The van der Waals surface area contributed by atoms with Gasteiger partial charge in [-0.3, -0.25) is 4.79 Å². The zero-order valence-corrected chi connectivity index (χ0v) is 14.0. The molecule has 0 bridgehead atoms. The molecule has 3 rings (SSSR count). The van der Waals surface area contributed by atoms with Crippen LogP contribution in [0.2, 0.25) is 0 Å². The maximum absolute atomic E-state index is 12.7. The first-order valence-electron chi connectivity index (χ1n) is 7.90. The van der Waals surface area contributed by atoms with Crippen molar-refractivity contribution in [3.05, 3.63) is 53.6 Å². The van der Waals surface area contributed by atoms with Crippen LogP contribution in [0.1, 0.15) is 11.1 Å². The van der Waals surface area contributed by atoms with Crippen LogP contribution in [0, 0.1) is 0 Å². The van der Waals surface area contributed by atoms with Crippen molar-refractivity contribution < 1.29 is 19.0 Å². The monoisotopic (exact) mass is 327 g/mol. The molecule has 0 aliphatic carbocycles. The minimum Gasteiger partial charge on any atom is -0.493 e. The highest BCUT2D eigenvalue weighted by Crippen LogP contribution is 2.28. The van der Waals surface area contributed by atoms with Gasteiger partial charge in [-0.05, 0) is 23.8 Å². The van der Waals surface area contributed by atoms with Gasteiger partial charge < -0.3 is 19.1 Å². The van der Waals surface area contributed by atoms with Gasteiger partial charge in [0.05, 0.1) is 27.2 Å². The lowest BCUT2D eigenvalue weighted by Crippen LogP contribution is -2.33. The van der Waals surface area contributed by atoms with Crippen LogP contribution in [-0.2, 0) is 17.8 Å². The van der Waals surface area contributed by atoms with Gasteiger partial charge >= 0.3 is 0 Å². The van der Waals surface area contributed by atoms with E-state index in [1.54, 1.807) is 14.2 Å². The normalized spacial score (nSPS) is 13.5. The standard InChI is InChI=1S/C19H21NO4/c1-22-17-8-7-14(11-18(17)23-2)12-19(21)20-9-10-24-16-6-4-3-5-15(16)13-20/h3-8,11H,9-10,12-13H2,1-2H3. The highest BCUT2D eigenvalue weighted by Gasteiger charge is 2.20. The molecule has 1 aliphatic heterocycles. The summed E-state index contributed by atoms with van der Waals surface area (Å²) < 4.78 is 16.2. The fourth-order valence-corrected chi connectivity index (χ4v) is 2.82. The number of amides is 1. The molecular formula is C19H21NO4. The van der Waals surface area contributed by atoms with Gasteiger partial charge in [-0.15, -0.1) is 0 Å². The largest absolute Gasteiger partial charge is 0.493 e. The Morgan fingerprint density at radius 2 is 1.92 bits per heavy atom. The number of hydrogen-bond donors (Lipinski definition) is 0. The second kappa shape index (κ2) is 7.25. The van der Waals surface area contributed by atoms with Gasteiger partial charge in [0.25, 0.3) is 0 Å². The van der Waals surface area contributed by atoms with E-state index in [9.17, 15) is 4.79 Å². The molecule has 24 heavy (non-hydrogen) atoms. The number of fused-ring (bicyclic) bond motifs is 1. The molecule has 0 fully saturated rings. The predicted octanol–water partition coefficient (Wildman–Crippen LogP) is 2.67. The van der Waals surface area contributed by atoms with Crippen LogP contribution in [-0.4, -0.2) is 38.2 Å². The van der Waals surface area contributed by atoms with Crippen molar-refractivity contribution in [1.82, 2.24) is 4.90 Å². The molecule has 126 valence electrons. The fourth-order valence-electron chi connectivity index (χ4n) is 2.82. The third-order valence-corrected chi connectivity index (χ3v) is 4.11. The van der Waals surface area contributed by atoms with Gasteiger partial charge in [0.2, 0.25) is 5.91 Å². The highest BCUT2D eigenvalue weighted by atomic mass is 16.5. The molecule has 0 saturated heterocycles. The summed E-state index contributed by atoms with van der Waals surface area (Å²) in [7, 11) is 3.18. The molecule has 1 amide bonds. The Morgan fingerprint density at radius 1 is 1.12 bits per heavy atom. The summed E-state index contributed by atoms with van der Waals surface area (Å²) in [6, 6.07) is 13.4. The molecule has 0 atom stereocenters. The van der Waals surface area contributed by atoms with E-state index in [1.807, 2.05) is 47.4 Å². The summed E-state index contributed by atoms with van der Waals surface area (Å²) in [5.41, 5.74) is 1.94. The van der Waals surface area contributed by atoms with E-state index in [-0.39, 0.29) is 5.91 Å². The molecule has 5 nitrogen and oxygen atoms in total. The topological polar surface area (TPSA) is 48.0 Å². The van der Waals surface area contributed by atoms with Crippen LogP contribution in [0.5, 0.6) is 17.2 Å². The lowest BCUT2D eigenvalue weighted by atomic mass is 10.1. The number of carbonyl (C=O) groups is 1. The second-order valence-corrected chi connectivity index (χ2v) is 5.64. The number of benzene rings is 2. The molecule has 2 aromatic carbocycles. The lowest BCUT2D eigenvalue weighted by Gasteiger charge is -2.20. The Morgan fingerprint density at radius 3 is 2.71 bits per heavy atom. The predicted molar refractivity (Wildman–Crippen MR) is 90.6 cm³/mol. The molecule has 0 radical (unpaired) electrons. The lowest BCUT2D eigenvalue weighted by molar-refractivity contribution is -0.131. The van der Waals surface area contributed by atoms with E-state index < -0.39 is 0 Å². The molecule has 0 spiro atoms. The number of rotatable bonds is 4. The SMILES string of the molecule is COc1ccc(CC(=O)N2CCOc3ccccc3C2)cc1OC. The Balaban J connectivity index is 1.73. The summed E-state index contributed by atoms with van der Waals surface area (Å²) in [5, 5.41) is 0. The summed E-state index contributed by atoms with van der Waals surface area (Å²) in [6.45, 7) is 1.66. The van der Waals surface area contributed by atoms with Gasteiger partial charge in [0.15, 0.2) is 11.5 Å². The maximum Gasteiger partial charge on any atom is 0.227 e. The third kappa shape index (κ3) is 3.45. The summed E-state index contributed by atoms with van der Waals surface area (Å²) in [4.78, 5) is 14.5. The van der Waals surface area contributed by atoms with E-state index >= 15 is 0 Å². The minimum absolute atomic E-state index is 0.0718. The Hall–Kier alpha value is -2.69. The molecule has 1 aliphatic rings. The number of methoxy groups -OCH3 is 2. The third-order valence-electron chi connectivity index (χ3n) is 4.11. The van der Waals surface area contributed by atoms with Gasteiger partial charge in [-0.25, -0.2) is 0 Å². The van der Waals surface area contributed by atoms with E-state index in [1.165, 1.54) is 0 Å². The quantitative estimate of drug-likeness (QED) is 0.866. The fraction of sp³-hybridized carbons (Fsp3) is 0.316. The Bertz CT molecular complexity index is 729. The number of nitrogens with zero attached hydrogens (tertiary/aromatic N) is 1. The van der Waals surface area contributed by atoms with Crippen molar-refractivity contribution in [2.45, 2.75) is 13.0 Å². The molecular weight excluding hydrogens is 306 g/mol. The highest BCUT2D eigenvalue weighted by molar-refractivity contribution is 5.79. The van der Waals surface area contributed by atoms with Gasteiger partial charge in [0.1, 0.15) is 12.4 Å². The van der Waals surface area contributed by atoms with Crippen LogP contribution >= 0.6 is 0 Å². The number of carbonyl (C=O) groups excluding carboxylic acids is 1. The van der Waals surface area contributed by atoms with Gasteiger partial charge in [-0.1, -0.05) is 24.3 Å². The summed E-state index contributed by atoms with van der Waals surface area (Å²) in [6.07, 6.45) is 0.322. The Labute approximate surface area is 141 Å². The zero-order chi connectivity index (χ0) is 16.9. The van der Waals surface area contributed by atoms with Crippen LogP contribution in [0.3, 0.4) is 0 Å². The smallest absolute Gasteiger partial charge is 0.227 e. The zero-order valence-electron chi connectivity index (χ0n) is 14.0. The first-order chi connectivity index (χ1) is 11.7. The van der Waals surface area contributed by atoms with E-state index in [4.69, 9.17) is 14.2 Å². The van der Waals surface area contributed by atoms with Crippen LogP contribution < -0.4 is 14.2 Å². The van der Waals surface area contributed by atoms with Crippen LogP contribution in [0.4, 0.5) is 0 Å². The molecule has 0 saturated carbocycles. The second-order valence-electron chi connectivity index (χ2n) is 5.64. The molecule has 1 heterocycles. The van der Waals surface area contributed by atoms with E-state index in [2.05, 4.69) is 0 Å². The minimum atomic E-state index is 0.0718. The number of hydrogen-bond acceptors (Lipinski definition) is 4. The van der Waals surface area contributed by atoms with Crippen molar-refractivity contribution in [3.8, 4) is 17.2 Å². The number of ether oxygens (including phenoxy) is 3. The van der Waals surface area contributed by atoms with Crippen molar-refractivity contribution in [2.24, 2.45) is 0 Å². The molecule has 0 aromatic heterocycles. The van der Waals surface area contributed by atoms with E-state index in [0.717, 1.165) is 16.9 Å². The average molecular weight is 327 g/mol. The van der Waals surface area contributed by atoms with Crippen LogP contribution in [0.25, 0.3) is 0 Å². The van der Waals surface area contributed by atoms with Crippen molar-refractivity contribution in [2.75, 3.05) is 27.4 Å². The molecule has 2 aromatic rings.